The smallest absolute Gasteiger partial charge is 0.143 e. The fourth-order valence-corrected chi connectivity index (χ4v) is 3.08. The lowest BCUT2D eigenvalue weighted by atomic mass is 10.0. The van der Waals surface area contributed by atoms with Crippen molar-refractivity contribution in [2.75, 3.05) is 18.0 Å². The SMILES string of the molecule is Clc1ncc(N2CC[C@H]3C[C@@H]2CN3)cc1Br. The highest BCUT2D eigenvalue weighted by Gasteiger charge is 2.33. The van der Waals surface area contributed by atoms with Crippen molar-refractivity contribution in [2.45, 2.75) is 24.9 Å². The first-order valence-electron chi connectivity index (χ1n) is 5.55. The molecule has 0 unspecified atom stereocenters. The summed E-state index contributed by atoms with van der Waals surface area (Å²) >= 11 is 9.34. The van der Waals surface area contributed by atoms with Gasteiger partial charge in [0, 0.05) is 25.2 Å². The number of nitrogens with one attached hydrogen (secondary N) is 1. The average Bonchev–Trinajstić information content (AvgIpc) is 2.65. The first kappa shape index (κ1) is 10.8. The third-order valence-corrected chi connectivity index (χ3v) is 4.61. The van der Waals surface area contributed by atoms with Crippen molar-refractivity contribution >= 4 is 33.2 Å². The van der Waals surface area contributed by atoms with Crippen molar-refractivity contribution in [1.29, 1.82) is 0 Å². The van der Waals surface area contributed by atoms with E-state index in [0.29, 0.717) is 11.2 Å². The molecule has 3 rings (SSSR count). The number of halogens is 2. The summed E-state index contributed by atoms with van der Waals surface area (Å²) in [6, 6.07) is 3.41. The van der Waals surface area contributed by atoms with E-state index in [1.165, 1.54) is 18.5 Å². The summed E-state index contributed by atoms with van der Waals surface area (Å²) in [5, 5.41) is 4.08. The summed E-state index contributed by atoms with van der Waals surface area (Å²) in [4.78, 5) is 6.63. The molecule has 1 aromatic rings. The minimum atomic E-state index is 0.531. The van der Waals surface area contributed by atoms with Crippen molar-refractivity contribution in [3.05, 3.63) is 21.9 Å². The maximum absolute atomic E-state index is 5.91. The molecule has 3 nitrogen and oxygen atoms in total. The average molecular weight is 303 g/mol. The number of fused-ring (bicyclic) bond motifs is 2. The Balaban J connectivity index is 1.88. The van der Waals surface area contributed by atoms with Gasteiger partial charge in [-0.15, -0.1) is 0 Å². The standard InChI is InChI=1S/C11H13BrClN3/c12-10-4-9(6-15-11(10)13)16-2-1-7-3-8(16)5-14-7/h4,6-8,14H,1-3,5H2/t7-,8+/m0/s1. The molecule has 0 aliphatic carbocycles. The van der Waals surface area contributed by atoms with Gasteiger partial charge in [-0.2, -0.15) is 0 Å². The van der Waals surface area contributed by atoms with Gasteiger partial charge in [-0.1, -0.05) is 11.6 Å². The molecule has 2 atom stereocenters. The molecule has 86 valence electrons. The molecule has 1 N–H and O–H groups in total. The van der Waals surface area contributed by atoms with Gasteiger partial charge in [-0.3, -0.25) is 0 Å². The van der Waals surface area contributed by atoms with Crippen LogP contribution in [-0.2, 0) is 0 Å². The predicted octanol–water partition coefficient (Wildman–Crippen LogP) is 2.44. The number of rotatable bonds is 1. The molecule has 3 heterocycles. The Morgan fingerprint density at radius 3 is 3.25 bits per heavy atom. The highest BCUT2D eigenvalue weighted by molar-refractivity contribution is 9.10. The van der Waals surface area contributed by atoms with Crippen LogP contribution in [0.25, 0.3) is 0 Å². The Morgan fingerprint density at radius 1 is 1.56 bits per heavy atom. The Hall–Kier alpha value is -0.320. The third kappa shape index (κ3) is 1.83. The van der Waals surface area contributed by atoms with Crippen LogP contribution in [0.3, 0.4) is 0 Å². The number of anilines is 1. The second-order valence-electron chi connectivity index (χ2n) is 4.44. The quantitative estimate of drug-likeness (QED) is 0.808. The van der Waals surface area contributed by atoms with Gasteiger partial charge in [-0.25, -0.2) is 4.98 Å². The first-order chi connectivity index (χ1) is 7.74. The molecule has 0 radical (unpaired) electrons. The molecule has 5 heteroatoms. The molecule has 1 aromatic heterocycles. The van der Waals surface area contributed by atoms with Gasteiger partial charge in [0.25, 0.3) is 0 Å². The normalized spacial score (nSPS) is 28.5. The van der Waals surface area contributed by atoms with Gasteiger partial charge >= 0.3 is 0 Å². The van der Waals surface area contributed by atoms with E-state index >= 15 is 0 Å². The zero-order valence-corrected chi connectivity index (χ0v) is 11.1. The predicted molar refractivity (Wildman–Crippen MR) is 69.1 cm³/mol. The molecule has 2 aliphatic rings. The summed E-state index contributed by atoms with van der Waals surface area (Å²) < 4.78 is 0.875. The molecule has 0 saturated carbocycles. The lowest BCUT2D eigenvalue weighted by molar-refractivity contribution is 0.490. The van der Waals surface area contributed by atoms with E-state index in [2.05, 4.69) is 37.2 Å². The van der Waals surface area contributed by atoms with E-state index < -0.39 is 0 Å². The molecule has 2 fully saturated rings. The van der Waals surface area contributed by atoms with Crippen molar-refractivity contribution < 1.29 is 0 Å². The lowest BCUT2D eigenvalue weighted by Gasteiger charge is -2.34. The van der Waals surface area contributed by atoms with Crippen LogP contribution in [0.4, 0.5) is 5.69 Å². The van der Waals surface area contributed by atoms with Gasteiger partial charge in [0.2, 0.25) is 0 Å². The van der Waals surface area contributed by atoms with Gasteiger partial charge in [-0.05, 0) is 34.8 Å². The second kappa shape index (κ2) is 4.17. The molecule has 0 aromatic carbocycles. The highest BCUT2D eigenvalue weighted by atomic mass is 79.9. The van der Waals surface area contributed by atoms with Crippen LogP contribution in [0.1, 0.15) is 12.8 Å². The Morgan fingerprint density at radius 2 is 2.44 bits per heavy atom. The molecule has 2 aliphatic heterocycles. The molecular formula is C11H13BrClN3. The van der Waals surface area contributed by atoms with Crippen molar-refractivity contribution in [2.24, 2.45) is 0 Å². The van der Waals surface area contributed by atoms with Crippen LogP contribution in [0.2, 0.25) is 5.15 Å². The molecular weight excluding hydrogens is 289 g/mol. The van der Waals surface area contributed by atoms with Gasteiger partial charge in [0.15, 0.2) is 0 Å². The minimum absolute atomic E-state index is 0.531. The van der Waals surface area contributed by atoms with E-state index in [-0.39, 0.29) is 0 Å². The van der Waals surface area contributed by atoms with Crippen LogP contribution in [-0.4, -0.2) is 30.2 Å². The van der Waals surface area contributed by atoms with Gasteiger partial charge in [0.05, 0.1) is 16.4 Å². The lowest BCUT2D eigenvalue weighted by Crippen LogP contribution is -2.40. The van der Waals surface area contributed by atoms with E-state index in [1.54, 1.807) is 0 Å². The minimum Gasteiger partial charge on any atom is -0.366 e. The van der Waals surface area contributed by atoms with Crippen LogP contribution >= 0.6 is 27.5 Å². The van der Waals surface area contributed by atoms with Crippen molar-refractivity contribution in [1.82, 2.24) is 10.3 Å². The van der Waals surface area contributed by atoms with Crippen LogP contribution in [0, 0.1) is 0 Å². The monoisotopic (exact) mass is 301 g/mol. The summed E-state index contributed by atoms with van der Waals surface area (Å²) in [6.07, 6.45) is 4.34. The van der Waals surface area contributed by atoms with Crippen molar-refractivity contribution in [3.8, 4) is 0 Å². The number of piperidine rings is 1. The number of hydrogen-bond acceptors (Lipinski definition) is 3. The zero-order valence-electron chi connectivity index (χ0n) is 8.79. The molecule has 16 heavy (non-hydrogen) atoms. The van der Waals surface area contributed by atoms with Crippen LogP contribution in [0.5, 0.6) is 0 Å². The zero-order chi connectivity index (χ0) is 11.1. The summed E-state index contributed by atoms with van der Waals surface area (Å²) in [7, 11) is 0. The van der Waals surface area contributed by atoms with Crippen LogP contribution < -0.4 is 10.2 Å². The van der Waals surface area contributed by atoms with E-state index in [9.17, 15) is 0 Å². The summed E-state index contributed by atoms with van der Waals surface area (Å²) in [5.41, 5.74) is 1.17. The van der Waals surface area contributed by atoms with E-state index in [4.69, 9.17) is 11.6 Å². The molecule has 2 bridgehead atoms. The molecule has 2 saturated heterocycles. The number of nitrogens with zero attached hydrogens (tertiary/aromatic N) is 2. The first-order valence-corrected chi connectivity index (χ1v) is 6.72. The highest BCUT2D eigenvalue weighted by Crippen LogP contribution is 2.31. The molecule has 0 amide bonds. The Bertz CT molecular complexity index is 412. The number of pyridine rings is 1. The van der Waals surface area contributed by atoms with Crippen LogP contribution in [0.15, 0.2) is 16.7 Å². The summed E-state index contributed by atoms with van der Waals surface area (Å²) in [5.74, 6) is 0. The third-order valence-electron chi connectivity index (χ3n) is 3.47. The second-order valence-corrected chi connectivity index (χ2v) is 5.66. The topological polar surface area (TPSA) is 28.2 Å². The van der Waals surface area contributed by atoms with Crippen molar-refractivity contribution in [3.63, 3.8) is 0 Å². The van der Waals surface area contributed by atoms with Gasteiger partial charge in [0.1, 0.15) is 5.15 Å². The van der Waals surface area contributed by atoms with Gasteiger partial charge < -0.3 is 10.2 Å². The Labute approximate surface area is 108 Å². The Kier molecular flexibility index (Phi) is 2.81. The van der Waals surface area contributed by atoms with E-state index in [0.717, 1.165) is 23.6 Å². The maximum Gasteiger partial charge on any atom is 0.143 e. The number of hydrogen-bond donors (Lipinski definition) is 1. The fourth-order valence-electron chi connectivity index (χ4n) is 2.64. The maximum atomic E-state index is 5.91. The molecule has 0 spiro atoms. The number of aromatic nitrogens is 1. The largest absolute Gasteiger partial charge is 0.366 e. The summed E-state index contributed by atoms with van der Waals surface area (Å²) in [6.45, 7) is 2.20. The van der Waals surface area contributed by atoms with E-state index in [1.807, 2.05) is 6.20 Å². The fraction of sp³-hybridized carbons (Fsp3) is 0.545.